The lowest BCUT2D eigenvalue weighted by molar-refractivity contribution is -0.208. The molecule has 1 fully saturated rings. The van der Waals surface area contributed by atoms with Gasteiger partial charge in [0.15, 0.2) is 0 Å². The van der Waals surface area contributed by atoms with Gasteiger partial charge in [-0.05, 0) is 38.5 Å². The van der Waals surface area contributed by atoms with Crippen LogP contribution < -0.4 is 4.74 Å². The average Bonchev–Trinajstić information content (AvgIpc) is 2.37. The molecule has 1 aliphatic rings. The number of esters is 1. The van der Waals surface area contributed by atoms with Gasteiger partial charge >= 0.3 is 5.97 Å². The van der Waals surface area contributed by atoms with Crippen molar-refractivity contribution in [3.05, 3.63) is 29.8 Å². The van der Waals surface area contributed by atoms with Gasteiger partial charge in [0.2, 0.25) is 0 Å². The minimum Gasteiger partial charge on any atom is -0.490 e. The van der Waals surface area contributed by atoms with Gasteiger partial charge in [-0.2, -0.15) is 0 Å². The molecule has 0 aromatic heterocycles. The number of carbonyl (C=O) groups excluding carboxylic acids is 1. The molecule has 1 aromatic rings. The number of carbonyl (C=O) groups is 1. The first-order valence-electron chi connectivity index (χ1n) is 7.38. The maximum absolute atomic E-state index is 11.8. The van der Waals surface area contributed by atoms with Crippen molar-refractivity contribution in [1.29, 1.82) is 0 Å². The van der Waals surface area contributed by atoms with Gasteiger partial charge < -0.3 is 18.9 Å². The van der Waals surface area contributed by atoms with Gasteiger partial charge in [-0.25, -0.2) is 0 Å². The normalized spacial score (nSPS) is 16.7. The minimum absolute atomic E-state index is 0.230. The highest BCUT2D eigenvalue weighted by molar-refractivity contribution is 5.73. The molecule has 0 amide bonds. The zero-order valence-corrected chi connectivity index (χ0v) is 13.7. The van der Waals surface area contributed by atoms with Crippen LogP contribution >= 0.6 is 0 Å². The van der Waals surface area contributed by atoms with Crippen LogP contribution in [-0.4, -0.2) is 44.1 Å². The van der Waals surface area contributed by atoms with Gasteiger partial charge in [-0.1, -0.05) is 12.1 Å². The molecule has 0 bridgehead atoms. The number of hydrogen-bond acceptors (Lipinski definition) is 5. The summed E-state index contributed by atoms with van der Waals surface area (Å²) in [6.07, 6.45) is 0.257. The predicted octanol–water partition coefficient (Wildman–Crippen LogP) is 2.37. The fraction of sp³-hybridized carbons (Fsp3) is 0.588. The van der Waals surface area contributed by atoms with Gasteiger partial charge in [-0.15, -0.1) is 0 Å². The van der Waals surface area contributed by atoms with Gasteiger partial charge in [0.1, 0.15) is 23.6 Å². The second-order valence-corrected chi connectivity index (χ2v) is 6.58. The van der Waals surface area contributed by atoms with Crippen molar-refractivity contribution < 1.29 is 23.7 Å². The highest BCUT2D eigenvalue weighted by atomic mass is 16.6. The smallest absolute Gasteiger partial charge is 0.310 e. The maximum atomic E-state index is 11.8. The number of ether oxygens (including phenoxy) is 4. The summed E-state index contributed by atoms with van der Waals surface area (Å²) in [5.74, 6) is 0.516. The van der Waals surface area contributed by atoms with E-state index in [4.69, 9.17) is 18.9 Å². The van der Waals surface area contributed by atoms with E-state index in [0.717, 1.165) is 11.3 Å². The van der Waals surface area contributed by atoms with E-state index in [9.17, 15) is 4.79 Å². The van der Waals surface area contributed by atoms with Crippen molar-refractivity contribution >= 4 is 5.97 Å². The molecule has 5 heteroatoms. The molecule has 0 atom stereocenters. The van der Waals surface area contributed by atoms with Crippen LogP contribution in [0, 0.1) is 0 Å². The maximum Gasteiger partial charge on any atom is 0.310 e. The van der Waals surface area contributed by atoms with Crippen molar-refractivity contribution in [2.75, 3.05) is 26.9 Å². The summed E-state index contributed by atoms with van der Waals surface area (Å²) in [5.41, 5.74) is 0.115. The van der Waals surface area contributed by atoms with Crippen LogP contribution in [-0.2, 0) is 25.4 Å². The molecule has 22 heavy (non-hydrogen) atoms. The molecule has 1 heterocycles. The van der Waals surface area contributed by atoms with Crippen LogP contribution in [0.2, 0.25) is 0 Å². The van der Waals surface area contributed by atoms with Crippen molar-refractivity contribution in [3.8, 4) is 5.75 Å². The van der Waals surface area contributed by atoms with Crippen LogP contribution in [0.1, 0.15) is 26.3 Å². The third-order valence-corrected chi connectivity index (χ3v) is 3.36. The molecule has 2 rings (SSSR count). The Hall–Kier alpha value is -1.59. The number of hydrogen-bond donors (Lipinski definition) is 0. The zero-order valence-electron chi connectivity index (χ0n) is 13.7. The largest absolute Gasteiger partial charge is 0.490 e. The van der Waals surface area contributed by atoms with E-state index < -0.39 is 5.60 Å². The first-order valence-corrected chi connectivity index (χ1v) is 7.38. The zero-order chi connectivity index (χ0) is 16.2. The van der Waals surface area contributed by atoms with Crippen LogP contribution in [0.3, 0.4) is 0 Å². The molecule has 0 unspecified atom stereocenters. The van der Waals surface area contributed by atoms with Gasteiger partial charge in [0.25, 0.3) is 0 Å². The molecule has 0 saturated carbocycles. The summed E-state index contributed by atoms with van der Waals surface area (Å²) in [7, 11) is 1.66. The quantitative estimate of drug-likeness (QED) is 0.755. The second kappa shape index (κ2) is 6.67. The highest BCUT2D eigenvalue weighted by Crippen LogP contribution is 2.23. The summed E-state index contributed by atoms with van der Waals surface area (Å²) < 4.78 is 21.6. The topological polar surface area (TPSA) is 54.0 Å². The third-order valence-electron chi connectivity index (χ3n) is 3.36. The van der Waals surface area contributed by atoms with E-state index in [0.29, 0.717) is 19.8 Å². The molecule has 0 spiro atoms. The van der Waals surface area contributed by atoms with E-state index >= 15 is 0 Å². The fourth-order valence-corrected chi connectivity index (χ4v) is 2.05. The molecular weight excluding hydrogens is 284 g/mol. The summed E-state index contributed by atoms with van der Waals surface area (Å²) in [6, 6.07) is 7.44. The van der Waals surface area contributed by atoms with E-state index in [1.54, 1.807) is 7.11 Å². The average molecular weight is 308 g/mol. The van der Waals surface area contributed by atoms with Crippen LogP contribution in [0.15, 0.2) is 24.3 Å². The van der Waals surface area contributed by atoms with Crippen LogP contribution in [0.5, 0.6) is 5.75 Å². The fourth-order valence-electron chi connectivity index (χ4n) is 2.05. The Kier molecular flexibility index (Phi) is 5.08. The van der Waals surface area contributed by atoms with Gasteiger partial charge in [0, 0.05) is 7.11 Å². The van der Waals surface area contributed by atoms with E-state index in [2.05, 4.69) is 0 Å². The molecule has 5 nitrogen and oxygen atoms in total. The summed E-state index contributed by atoms with van der Waals surface area (Å²) in [4.78, 5) is 11.8. The van der Waals surface area contributed by atoms with E-state index in [1.165, 1.54) is 0 Å². The Bertz CT molecular complexity index is 491. The Morgan fingerprint density at radius 3 is 2.32 bits per heavy atom. The molecule has 1 aliphatic heterocycles. The van der Waals surface area contributed by atoms with Crippen LogP contribution in [0.4, 0.5) is 0 Å². The standard InChI is InChI=1S/C17H24O5/c1-16(2,3)22-15(18)9-13-5-7-14(8-6-13)21-12-17(19-4)10-20-11-17/h5-8H,9-12H2,1-4H3. The lowest BCUT2D eigenvalue weighted by Gasteiger charge is -2.39. The Morgan fingerprint density at radius 1 is 1.23 bits per heavy atom. The first-order chi connectivity index (χ1) is 10.3. The number of methoxy groups -OCH3 is 1. The third kappa shape index (κ3) is 4.71. The molecule has 1 saturated heterocycles. The van der Waals surface area contributed by atoms with Gasteiger partial charge in [0.05, 0.1) is 19.6 Å². The highest BCUT2D eigenvalue weighted by Gasteiger charge is 2.39. The van der Waals surface area contributed by atoms with Crippen molar-refractivity contribution in [3.63, 3.8) is 0 Å². The predicted molar refractivity (Wildman–Crippen MR) is 82.0 cm³/mol. The summed E-state index contributed by atoms with van der Waals surface area (Å²) in [6.45, 7) is 7.14. The van der Waals surface area contributed by atoms with E-state index in [1.807, 2.05) is 45.0 Å². The van der Waals surface area contributed by atoms with E-state index in [-0.39, 0.29) is 18.0 Å². The molecule has 0 N–H and O–H groups in total. The monoisotopic (exact) mass is 308 g/mol. The lowest BCUT2D eigenvalue weighted by Crippen LogP contribution is -2.55. The molecule has 1 aromatic carbocycles. The Morgan fingerprint density at radius 2 is 1.86 bits per heavy atom. The number of rotatable bonds is 6. The summed E-state index contributed by atoms with van der Waals surface area (Å²) in [5, 5.41) is 0. The van der Waals surface area contributed by atoms with Gasteiger partial charge in [-0.3, -0.25) is 4.79 Å². The lowest BCUT2D eigenvalue weighted by atomic mass is 10.0. The van der Waals surface area contributed by atoms with Crippen LogP contribution in [0.25, 0.3) is 0 Å². The Balaban J connectivity index is 1.84. The minimum atomic E-state index is -0.459. The molecular formula is C17H24O5. The second-order valence-electron chi connectivity index (χ2n) is 6.58. The molecule has 122 valence electrons. The molecule has 0 radical (unpaired) electrons. The SMILES string of the molecule is COC1(COc2ccc(CC(=O)OC(C)(C)C)cc2)COC1. The van der Waals surface area contributed by atoms with Crippen molar-refractivity contribution in [1.82, 2.24) is 0 Å². The molecule has 0 aliphatic carbocycles. The first kappa shape index (κ1) is 16.8. The van der Waals surface area contributed by atoms with Crippen molar-refractivity contribution in [2.24, 2.45) is 0 Å². The van der Waals surface area contributed by atoms with Crippen molar-refractivity contribution in [2.45, 2.75) is 38.4 Å². The number of benzene rings is 1. The Labute approximate surface area is 131 Å². The summed E-state index contributed by atoms with van der Waals surface area (Å²) >= 11 is 0.